The van der Waals surface area contributed by atoms with E-state index in [0.29, 0.717) is 11.1 Å². The van der Waals surface area contributed by atoms with Crippen LogP contribution >= 0.6 is 9.12 Å². The van der Waals surface area contributed by atoms with Gasteiger partial charge in [-0.2, -0.15) is 0 Å². The molecule has 0 radical (unpaired) electrons. The summed E-state index contributed by atoms with van der Waals surface area (Å²) in [5.41, 5.74) is 3.70. The van der Waals surface area contributed by atoms with Gasteiger partial charge in [-0.3, -0.25) is 9.36 Å². The summed E-state index contributed by atoms with van der Waals surface area (Å²) in [4.78, 5) is 11.9. The minimum Gasteiger partial charge on any atom is -0.380 e. The van der Waals surface area contributed by atoms with Crippen molar-refractivity contribution in [1.29, 1.82) is 0 Å². The highest BCUT2D eigenvalue weighted by Crippen LogP contribution is 2.18. The van der Waals surface area contributed by atoms with Crippen LogP contribution in [0, 0.1) is 0 Å². The molecule has 0 aliphatic heterocycles. The van der Waals surface area contributed by atoms with E-state index in [9.17, 15) is 9.90 Å². The molecule has 0 saturated carbocycles. The van der Waals surface area contributed by atoms with Crippen LogP contribution in [-0.4, -0.2) is 10.9 Å². The largest absolute Gasteiger partial charge is 0.380 e. The van der Waals surface area contributed by atoms with Gasteiger partial charge in [0.2, 0.25) is 0 Å². The lowest BCUT2D eigenvalue weighted by Crippen LogP contribution is -2.11. The summed E-state index contributed by atoms with van der Waals surface area (Å²) >= 11 is 0. The predicted molar refractivity (Wildman–Crippen MR) is 123 cm³/mol. The zero-order valence-corrected chi connectivity index (χ0v) is 17.4. The molecule has 30 heavy (non-hydrogen) atoms. The molecule has 0 spiro atoms. The second-order valence-corrected chi connectivity index (χ2v) is 6.28. The Balaban J connectivity index is 0.000000204. The molecule has 0 bridgehead atoms. The first-order chi connectivity index (χ1) is 14.8. The van der Waals surface area contributed by atoms with E-state index in [-0.39, 0.29) is 5.78 Å². The number of carbonyl (C=O) groups excluding carboxylic acids is 1. The van der Waals surface area contributed by atoms with Crippen LogP contribution in [0.5, 0.6) is 0 Å². The van der Waals surface area contributed by atoms with E-state index < -0.39 is 6.10 Å². The first-order valence-corrected chi connectivity index (χ1v) is 9.79. The van der Waals surface area contributed by atoms with Crippen LogP contribution in [0.15, 0.2) is 121 Å². The van der Waals surface area contributed by atoms with Crippen molar-refractivity contribution >= 4 is 14.9 Å². The van der Waals surface area contributed by atoms with Gasteiger partial charge in [0.25, 0.3) is 0 Å². The number of ketones is 1. The van der Waals surface area contributed by atoms with Crippen LogP contribution in [0.25, 0.3) is 11.1 Å². The maximum atomic E-state index is 11.9. The predicted octanol–water partition coefficient (Wildman–Crippen LogP) is 6.43. The van der Waals surface area contributed by atoms with Gasteiger partial charge in [0.05, 0.1) is 0 Å². The fraction of sp³-hybridized carbons (Fsp3) is 0.0385. The summed E-state index contributed by atoms with van der Waals surface area (Å²) in [5.74, 6) is -0.271. The van der Waals surface area contributed by atoms with Crippen LogP contribution in [0.2, 0.25) is 0 Å². The van der Waals surface area contributed by atoms with Crippen molar-refractivity contribution < 1.29 is 14.5 Å². The van der Waals surface area contributed by atoms with E-state index in [1.54, 1.807) is 57.7 Å². The van der Waals surface area contributed by atoms with Crippen LogP contribution in [0.3, 0.4) is 0 Å². The topological polar surface area (TPSA) is 54.4 Å². The number of rotatable bonds is 4. The Labute approximate surface area is 179 Å². The van der Waals surface area contributed by atoms with Crippen LogP contribution in [0.1, 0.15) is 22.0 Å². The number of hydrogen-bond donors (Lipinski definition) is 1. The van der Waals surface area contributed by atoms with Gasteiger partial charge in [-0.15, -0.1) is 0 Å². The minimum absolute atomic E-state index is 0.271. The van der Waals surface area contributed by atoms with Gasteiger partial charge in [-0.1, -0.05) is 121 Å². The second-order valence-electron chi connectivity index (χ2n) is 6.28. The smallest absolute Gasteiger partial charge is 0.195 e. The Hall–Kier alpha value is -3.39. The molecule has 0 aromatic heterocycles. The van der Waals surface area contributed by atoms with Crippen molar-refractivity contribution in [2.75, 3.05) is 0 Å². The number of hydrogen-bond acceptors (Lipinski definition) is 3. The SMILES string of the molecule is O=C(c1ccccc1)C(O)c1ccccc1.O=P.c1ccc(-c2ccccc2)cc1. The lowest BCUT2D eigenvalue weighted by atomic mass is 10.0. The van der Waals surface area contributed by atoms with Crippen molar-refractivity contribution in [3.05, 3.63) is 132 Å². The molecule has 0 aliphatic rings. The summed E-state index contributed by atoms with van der Waals surface area (Å²) < 4.78 is 8.06. The Morgan fingerprint density at radius 3 is 1.30 bits per heavy atom. The van der Waals surface area contributed by atoms with Crippen molar-refractivity contribution in [2.45, 2.75) is 6.10 Å². The maximum absolute atomic E-state index is 11.9. The van der Waals surface area contributed by atoms with Gasteiger partial charge >= 0.3 is 0 Å². The Bertz CT molecular complexity index is 954. The first kappa shape index (κ1) is 22.9. The molecule has 0 aliphatic carbocycles. The van der Waals surface area contributed by atoms with Gasteiger partial charge < -0.3 is 5.11 Å². The molecular formula is C26H23O3P. The zero-order chi connectivity index (χ0) is 21.6. The van der Waals surface area contributed by atoms with E-state index >= 15 is 0 Å². The van der Waals surface area contributed by atoms with Crippen LogP contribution < -0.4 is 0 Å². The highest BCUT2D eigenvalue weighted by atomic mass is 31.0. The molecule has 4 heteroatoms. The molecule has 0 amide bonds. The monoisotopic (exact) mass is 414 g/mol. The van der Waals surface area contributed by atoms with E-state index in [0.717, 1.165) is 0 Å². The Kier molecular flexibility index (Phi) is 9.88. The molecule has 4 aromatic rings. The molecular weight excluding hydrogens is 391 g/mol. The van der Waals surface area contributed by atoms with E-state index in [2.05, 4.69) is 48.5 Å². The van der Waals surface area contributed by atoms with Crippen LogP contribution in [0.4, 0.5) is 0 Å². The molecule has 4 aromatic carbocycles. The third-order valence-corrected chi connectivity index (χ3v) is 4.30. The Morgan fingerprint density at radius 2 is 0.900 bits per heavy atom. The van der Waals surface area contributed by atoms with Gasteiger partial charge in [-0.25, -0.2) is 0 Å². The van der Waals surface area contributed by atoms with Crippen molar-refractivity contribution in [1.82, 2.24) is 0 Å². The van der Waals surface area contributed by atoms with Crippen molar-refractivity contribution in [2.24, 2.45) is 0 Å². The fourth-order valence-electron chi connectivity index (χ4n) is 2.81. The quantitative estimate of drug-likeness (QED) is 0.309. The third-order valence-electron chi connectivity index (χ3n) is 4.30. The molecule has 150 valence electrons. The minimum atomic E-state index is -1.08. The molecule has 0 heterocycles. The summed E-state index contributed by atoms with van der Waals surface area (Å²) in [5, 5.41) is 9.89. The summed E-state index contributed by atoms with van der Waals surface area (Å²) in [6, 6.07) is 38.5. The average molecular weight is 414 g/mol. The second kappa shape index (κ2) is 12.9. The number of Topliss-reactive ketones (excluding diaryl/α,β-unsaturated/α-hetero) is 1. The molecule has 1 atom stereocenters. The van der Waals surface area contributed by atoms with E-state index in [4.69, 9.17) is 4.57 Å². The lowest BCUT2D eigenvalue weighted by Gasteiger charge is -2.09. The van der Waals surface area contributed by atoms with Crippen LogP contribution in [-0.2, 0) is 4.57 Å². The molecule has 0 saturated heterocycles. The van der Waals surface area contributed by atoms with E-state index in [1.807, 2.05) is 24.3 Å². The molecule has 0 fully saturated rings. The number of aliphatic hydroxyl groups is 1. The highest BCUT2D eigenvalue weighted by Gasteiger charge is 2.18. The fourth-order valence-corrected chi connectivity index (χ4v) is 2.81. The summed E-state index contributed by atoms with van der Waals surface area (Å²) in [6.45, 7) is 0. The Morgan fingerprint density at radius 1 is 0.567 bits per heavy atom. The van der Waals surface area contributed by atoms with Gasteiger partial charge in [0.15, 0.2) is 5.78 Å². The standard InChI is InChI=1S/C14H12O2.C12H10.HOP/c15-13(11-7-3-1-4-8-11)14(16)12-9-5-2-6-10-12;1-3-7-11(8-4-1)12-9-5-2-6-10-12;1-2/h1-10,13,15H;1-10H;2H. The molecule has 1 unspecified atom stereocenters. The normalized spacial score (nSPS) is 10.4. The van der Waals surface area contributed by atoms with Crippen molar-refractivity contribution in [3.63, 3.8) is 0 Å². The number of carbonyl (C=O) groups is 1. The number of aliphatic hydroxyl groups excluding tert-OH is 1. The van der Waals surface area contributed by atoms with Crippen molar-refractivity contribution in [3.8, 4) is 11.1 Å². The van der Waals surface area contributed by atoms with Gasteiger partial charge in [-0.05, 0) is 16.7 Å². The molecule has 3 nitrogen and oxygen atoms in total. The number of benzene rings is 4. The van der Waals surface area contributed by atoms with E-state index in [1.165, 1.54) is 11.1 Å². The third kappa shape index (κ3) is 6.89. The lowest BCUT2D eigenvalue weighted by molar-refractivity contribution is 0.0747. The molecule has 4 rings (SSSR count). The summed E-state index contributed by atoms with van der Waals surface area (Å²) in [7, 11) is 1.72. The average Bonchev–Trinajstić information content (AvgIpc) is 2.87. The zero-order valence-electron chi connectivity index (χ0n) is 16.4. The van der Waals surface area contributed by atoms with Gasteiger partial charge in [0, 0.05) is 5.56 Å². The summed E-state index contributed by atoms with van der Waals surface area (Å²) in [6.07, 6.45) is -1.08. The maximum Gasteiger partial charge on any atom is 0.195 e. The first-order valence-electron chi connectivity index (χ1n) is 9.39. The van der Waals surface area contributed by atoms with Gasteiger partial charge in [0.1, 0.15) is 15.2 Å². The highest BCUT2D eigenvalue weighted by molar-refractivity contribution is 7.00. The molecule has 1 N–H and O–H groups in total.